The molecule has 1 heterocycles. The summed E-state index contributed by atoms with van der Waals surface area (Å²) in [4.78, 5) is 11.3. The number of carbonyl (C=O) groups excluding carboxylic acids is 1. The van der Waals surface area contributed by atoms with Crippen LogP contribution in [0.3, 0.4) is 0 Å². The van der Waals surface area contributed by atoms with Crippen molar-refractivity contribution in [1.82, 2.24) is 0 Å². The molecule has 1 saturated heterocycles. The molecule has 0 aromatic rings. The Kier molecular flexibility index (Phi) is 10.1. The molecule has 0 spiro atoms. The number of allylic oxidation sites excluding steroid dienone is 1. The van der Waals surface area contributed by atoms with Gasteiger partial charge in [-0.15, -0.1) is 11.8 Å². The van der Waals surface area contributed by atoms with Gasteiger partial charge >= 0.3 is 0 Å². The van der Waals surface area contributed by atoms with E-state index in [0.29, 0.717) is 12.5 Å². The van der Waals surface area contributed by atoms with Crippen LogP contribution in [0.15, 0.2) is 12.2 Å². The van der Waals surface area contributed by atoms with Crippen molar-refractivity contribution in [3.63, 3.8) is 0 Å². The zero-order valence-electron chi connectivity index (χ0n) is 11.6. The summed E-state index contributed by atoms with van der Waals surface area (Å²) >= 11 is 1.57. The minimum Gasteiger partial charge on any atom is -0.363 e. The summed E-state index contributed by atoms with van der Waals surface area (Å²) < 4.78 is 16.2. The number of hydrogen-bond donors (Lipinski definition) is 0. The van der Waals surface area contributed by atoms with Crippen LogP contribution in [0.1, 0.15) is 32.1 Å². The van der Waals surface area contributed by atoms with Crippen LogP contribution in [0.25, 0.3) is 0 Å². The molecule has 110 valence electrons. The van der Waals surface area contributed by atoms with Crippen LogP contribution in [-0.2, 0) is 19.0 Å². The SMILES string of the molecule is CSCOCC(=O)/C=C/CCCOC1CCCCO1. The standard InChI is InChI=1S/C14H24O4S/c1-19-12-16-11-13(15)7-3-2-5-9-17-14-8-4-6-10-18-14/h3,7,14H,2,4-6,8-12H2,1H3/b7-3+. The highest BCUT2D eigenvalue weighted by Crippen LogP contribution is 2.13. The zero-order valence-corrected chi connectivity index (χ0v) is 12.5. The number of carbonyl (C=O) groups is 1. The fourth-order valence-electron chi connectivity index (χ4n) is 1.75. The number of ketones is 1. The third-order valence-electron chi connectivity index (χ3n) is 2.71. The molecule has 1 aliphatic heterocycles. The Hall–Kier alpha value is -0.360. The van der Waals surface area contributed by atoms with Crippen molar-refractivity contribution in [2.75, 3.05) is 32.0 Å². The smallest absolute Gasteiger partial charge is 0.181 e. The molecule has 19 heavy (non-hydrogen) atoms. The van der Waals surface area contributed by atoms with Crippen LogP contribution < -0.4 is 0 Å². The molecule has 0 amide bonds. The van der Waals surface area contributed by atoms with Crippen molar-refractivity contribution < 1.29 is 19.0 Å². The van der Waals surface area contributed by atoms with E-state index in [1.165, 1.54) is 6.42 Å². The van der Waals surface area contributed by atoms with Crippen LogP contribution in [0.2, 0.25) is 0 Å². The summed E-state index contributed by atoms with van der Waals surface area (Å²) in [6, 6.07) is 0. The fraction of sp³-hybridized carbons (Fsp3) is 0.786. The summed E-state index contributed by atoms with van der Waals surface area (Å²) in [6.45, 7) is 1.67. The Morgan fingerprint density at radius 2 is 2.37 bits per heavy atom. The monoisotopic (exact) mass is 288 g/mol. The van der Waals surface area contributed by atoms with Crippen molar-refractivity contribution in [2.24, 2.45) is 0 Å². The molecule has 0 bridgehead atoms. The predicted molar refractivity (Wildman–Crippen MR) is 77.3 cm³/mol. The highest BCUT2D eigenvalue weighted by Gasteiger charge is 2.12. The van der Waals surface area contributed by atoms with E-state index in [9.17, 15) is 4.79 Å². The Balaban J connectivity index is 1.92. The Labute approximate surface area is 119 Å². The van der Waals surface area contributed by atoms with Crippen LogP contribution in [0.4, 0.5) is 0 Å². The van der Waals surface area contributed by atoms with Gasteiger partial charge in [0.25, 0.3) is 0 Å². The lowest BCUT2D eigenvalue weighted by Crippen LogP contribution is -2.22. The maximum Gasteiger partial charge on any atom is 0.181 e. The van der Waals surface area contributed by atoms with Gasteiger partial charge in [-0.05, 0) is 44.4 Å². The number of thioether (sulfide) groups is 1. The molecule has 0 aromatic carbocycles. The Morgan fingerprint density at radius 1 is 1.47 bits per heavy atom. The first-order chi connectivity index (χ1) is 9.33. The minimum atomic E-state index is -0.0145. The summed E-state index contributed by atoms with van der Waals surface area (Å²) in [5, 5.41) is 0. The molecule has 1 rings (SSSR count). The molecule has 0 saturated carbocycles. The molecule has 4 nitrogen and oxygen atoms in total. The van der Waals surface area contributed by atoms with Crippen molar-refractivity contribution in [3.8, 4) is 0 Å². The summed E-state index contributed by atoms with van der Waals surface area (Å²) in [6.07, 6.45) is 10.5. The average molecular weight is 288 g/mol. The number of rotatable bonds is 10. The lowest BCUT2D eigenvalue weighted by molar-refractivity contribution is -0.162. The van der Waals surface area contributed by atoms with E-state index in [1.54, 1.807) is 17.8 Å². The normalized spacial score (nSPS) is 19.9. The van der Waals surface area contributed by atoms with Gasteiger partial charge in [0.2, 0.25) is 0 Å². The van der Waals surface area contributed by atoms with Crippen LogP contribution in [-0.4, -0.2) is 44.1 Å². The lowest BCUT2D eigenvalue weighted by atomic mass is 10.2. The van der Waals surface area contributed by atoms with Gasteiger partial charge in [0.15, 0.2) is 12.1 Å². The third-order valence-corrected chi connectivity index (χ3v) is 3.11. The molecule has 1 atom stereocenters. The van der Waals surface area contributed by atoms with Crippen molar-refractivity contribution in [3.05, 3.63) is 12.2 Å². The maximum absolute atomic E-state index is 11.3. The Bertz CT molecular complexity index is 262. The molecule has 1 aliphatic rings. The highest BCUT2D eigenvalue weighted by atomic mass is 32.2. The third kappa shape index (κ3) is 9.21. The first kappa shape index (κ1) is 16.7. The summed E-state index contributed by atoms with van der Waals surface area (Å²) in [5.74, 6) is 0.583. The van der Waals surface area contributed by atoms with E-state index in [1.807, 2.05) is 12.3 Å². The number of ether oxygens (including phenoxy) is 3. The summed E-state index contributed by atoms with van der Waals surface area (Å²) in [5.41, 5.74) is 0. The van der Waals surface area contributed by atoms with E-state index in [0.717, 1.165) is 32.3 Å². The minimum absolute atomic E-state index is 0.0145. The zero-order chi connectivity index (χ0) is 13.8. The molecule has 0 radical (unpaired) electrons. The largest absolute Gasteiger partial charge is 0.363 e. The first-order valence-electron chi connectivity index (χ1n) is 6.82. The van der Waals surface area contributed by atoms with Gasteiger partial charge in [-0.1, -0.05) is 6.08 Å². The molecule has 1 fully saturated rings. The van der Waals surface area contributed by atoms with E-state index in [4.69, 9.17) is 14.2 Å². The second-order valence-corrected chi connectivity index (χ2v) is 5.25. The van der Waals surface area contributed by atoms with Gasteiger partial charge in [0.1, 0.15) is 6.61 Å². The molecule has 1 unspecified atom stereocenters. The first-order valence-corrected chi connectivity index (χ1v) is 8.21. The van der Waals surface area contributed by atoms with E-state index < -0.39 is 0 Å². The molecular formula is C14H24O4S. The van der Waals surface area contributed by atoms with Gasteiger partial charge in [-0.25, -0.2) is 0 Å². The van der Waals surface area contributed by atoms with Gasteiger partial charge in [-0.2, -0.15) is 0 Å². The lowest BCUT2D eigenvalue weighted by Gasteiger charge is -2.22. The quantitative estimate of drug-likeness (QED) is 0.351. The van der Waals surface area contributed by atoms with Crippen molar-refractivity contribution in [2.45, 2.75) is 38.4 Å². The van der Waals surface area contributed by atoms with E-state index >= 15 is 0 Å². The van der Waals surface area contributed by atoms with Gasteiger partial charge in [0, 0.05) is 6.61 Å². The maximum atomic E-state index is 11.3. The summed E-state index contributed by atoms with van der Waals surface area (Å²) in [7, 11) is 0. The second-order valence-electron chi connectivity index (χ2n) is 4.43. The molecule has 0 N–H and O–H groups in total. The van der Waals surface area contributed by atoms with Crippen LogP contribution in [0.5, 0.6) is 0 Å². The molecule has 0 aromatic heterocycles. The highest BCUT2D eigenvalue weighted by molar-refractivity contribution is 7.98. The van der Waals surface area contributed by atoms with Crippen LogP contribution >= 0.6 is 11.8 Å². The van der Waals surface area contributed by atoms with Gasteiger partial charge < -0.3 is 14.2 Å². The Morgan fingerprint density at radius 3 is 3.11 bits per heavy atom. The van der Waals surface area contributed by atoms with Crippen LogP contribution in [0, 0.1) is 0 Å². The van der Waals surface area contributed by atoms with Crippen molar-refractivity contribution >= 4 is 17.5 Å². The topological polar surface area (TPSA) is 44.8 Å². The second kappa shape index (κ2) is 11.5. The number of unbranched alkanes of at least 4 members (excludes halogenated alkanes) is 1. The van der Waals surface area contributed by atoms with Crippen molar-refractivity contribution in [1.29, 1.82) is 0 Å². The van der Waals surface area contributed by atoms with E-state index in [2.05, 4.69) is 0 Å². The predicted octanol–water partition coefficient (Wildman–Crippen LogP) is 2.77. The molecular weight excluding hydrogens is 264 g/mol. The van der Waals surface area contributed by atoms with Gasteiger partial charge in [0.05, 0.1) is 12.5 Å². The average Bonchev–Trinajstić information content (AvgIpc) is 2.44. The molecule has 5 heteroatoms. The molecule has 0 aliphatic carbocycles. The fourth-order valence-corrected chi connectivity index (χ4v) is 2.00. The van der Waals surface area contributed by atoms with Gasteiger partial charge in [-0.3, -0.25) is 4.79 Å². The van der Waals surface area contributed by atoms with E-state index in [-0.39, 0.29) is 18.7 Å². The number of hydrogen-bond acceptors (Lipinski definition) is 5.